The van der Waals surface area contributed by atoms with Gasteiger partial charge >= 0.3 is 53.0 Å². The number of carbonyl (C=O) groups is 15. The number of halogens is 1. The maximum absolute atomic E-state index is 14.0. The molecule has 720 valence electrons. The van der Waals surface area contributed by atoms with Crippen LogP contribution >= 0.6 is 27.3 Å². The van der Waals surface area contributed by atoms with Gasteiger partial charge in [0.1, 0.15) is 54.9 Å². The molecular formula is C78H121IN7O40P. The molecule has 3 aliphatic rings. The van der Waals surface area contributed by atoms with Gasteiger partial charge in [0.25, 0.3) is 0 Å². The standard InChI is InChI=1S/C78H121IN7O40P/c1-48(87)84-70-73(121-55(8)94)62(119-53(6)92)44-117-76(70)113-39-36-107-31-23-82-66(99)18-27-110-46-78(86-68(101)20-25-104-33-34-105-29-21-80-64(97)16-13-58-11-14-59(15-12-58)126-127(79,102)103,45-109-26-17-65(98)81-22-30-106-35-38-112-69-41-60(118-52(5)91)72(120-54(7)93)61(124-69)42-115-50(3)89)47-111-28-19-67(100)83-24-32-108-37-40-114-77-71(85-49(2)88)75(123-57(10)96)74(122-56(9)95)63(125-77)43-116-51(4)90/h11-12,14-15,60-63,69-77H,13,16-47H2,1-10H3,(H,80,97)(H,81,98)(H,82,99)(H,83,100)(H,84,87)(H,85,88)(H,86,101)(H,102,103)/t60-,61-,62-,63-,69-,70+,71+,72-,73-,74-,75+,76+,77-,78?/m1/s1. The van der Waals surface area contributed by atoms with Gasteiger partial charge in [-0.3, -0.25) is 71.9 Å². The molecule has 7 amide bonds. The van der Waals surface area contributed by atoms with Crippen LogP contribution in [0.15, 0.2) is 24.3 Å². The molecule has 2 unspecified atom stereocenters. The van der Waals surface area contributed by atoms with Gasteiger partial charge in [0.05, 0.1) is 154 Å². The van der Waals surface area contributed by atoms with Crippen LogP contribution in [0, 0.1) is 0 Å². The van der Waals surface area contributed by atoms with E-state index in [0.717, 1.165) is 47.1 Å². The molecule has 0 radical (unpaired) electrons. The first-order valence-electron chi connectivity index (χ1n) is 40.8. The zero-order chi connectivity index (χ0) is 93.7. The third-order valence-corrected chi connectivity index (χ3v) is 18.5. The van der Waals surface area contributed by atoms with Gasteiger partial charge in [-0.1, -0.05) is 12.1 Å². The van der Waals surface area contributed by atoms with Gasteiger partial charge in [0.2, 0.25) is 41.4 Å². The molecule has 0 spiro atoms. The Kier molecular flexibility index (Phi) is 53.9. The fraction of sp³-hybridized carbons (Fsp3) is 0.731. The normalized spacial score (nSPS) is 21.7. The maximum atomic E-state index is 14.0. The van der Waals surface area contributed by atoms with Crippen LogP contribution in [0.3, 0.4) is 0 Å². The molecule has 8 N–H and O–H groups in total. The molecule has 127 heavy (non-hydrogen) atoms. The molecular weight excluding hydrogens is 1830 g/mol. The SMILES string of the molecule is CC(=O)N[C@@H]1[C@H](OCCOCCNC(=O)CCOCC(COCCC(=O)NCCOCCO[C@H]2C[C@@H](OC(C)=O)[C@@H](OC(C)=O)[C@@H](COC(C)=O)O2)(COCCC(=O)NCCOCCO[C@H]2OC[C@@H](OC(C)=O)[C@@H](OC(C)=O)[C@@H]2NC(C)=O)NC(=O)CCOCCOCCNC(=O)CCc2ccc(OP(=O)(O)I)cc2)O[C@H](COC(C)=O)[C@@H](OC(C)=O)[C@H]1OC(C)=O. The highest BCUT2D eigenvalue weighted by Crippen LogP contribution is 2.51. The van der Waals surface area contributed by atoms with Crippen molar-refractivity contribution in [2.75, 3.05) is 172 Å². The summed E-state index contributed by atoms with van der Waals surface area (Å²) in [5, 5.41) is 15.2. The number of nitrogens with one attached hydrogen (secondary N) is 7. The number of ether oxygens (including phenoxy) is 22. The number of aryl methyl sites for hydroxylation is 1. The predicted molar refractivity (Wildman–Crippen MR) is 439 cm³/mol. The first kappa shape index (κ1) is 111. The second-order valence-electron chi connectivity index (χ2n) is 28.5. The highest BCUT2D eigenvalue weighted by atomic mass is 127. The summed E-state index contributed by atoms with van der Waals surface area (Å²) in [6.07, 6.45) is -13.2. The number of esters is 8. The second kappa shape index (κ2) is 61.8. The molecule has 0 bridgehead atoms. The van der Waals surface area contributed by atoms with Crippen molar-refractivity contribution >= 4 is 116 Å². The van der Waals surface area contributed by atoms with Crippen molar-refractivity contribution in [3.63, 3.8) is 0 Å². The van der Waals surface area contributed by atoms with Gasteiger partial charge in [-0.25, -0.2) is 4.57 Å². The Morgan fingerprint density at radius 1 is 0.409 bits per heavy atom. The van der Waals surface area contributed by atoms with Crippen LogP contribution in [-0.2, 0) is 187 Å². The van der Waals surface area contributed by atoms with E-state index < -0.39 is 180 Å². The first-order chi connectivity index (χ1) is 60.4. The van der Waals surface area contributed by atoms with Gasteiger partial charge in [0, 0.05) is 134 Å². The van der Waals surface area contributed by atoms with Crippen molar-refractivity contribution in [2.45, 2.75) is 200 Å². The van der Waals surface area contributed by atoms with E-state index in [2.05, 4.69) is 37.2 Å². The molecule has 47 nitrogen and oxygen atoms in total. The van der Waals surface area contributed by atoms with Crippen LogP contribution in [0.25, 0.3) is 0 Å². The molecule has 0 aliphatic carbocycles. The minimum absolute atomic E-state index is 0.00147. The fourth-order valence-corrected chi connectivity index (χ4v) is 13.3. The molecule has 49 heteroatoms. The lowest BCUT2D eigenvalue weighted by molar-refractivity contribution is -0.279. The number of benzene rings is 1. The van der Waals surface area contributed by atoms with Crippen molar-refractivity contribution in [2.24, 2.45) is 0 Å². The molecule has 4 rings (SSSR count). The summed E-state index contributed by atoms with van der Waals surface area (Å²) >= 11 is 1.31. The average molecular weight is 1950 g/mol. The van der Waals surface area contributed by atoms with E-state index in [1.165, 1.54) is 61.9 Å². The van der Waals surface area contributed by atoms with E-state index in [1.807, 2.05) is 0 Å². The lowest BCUT2D eigenvalue weighted by Crippen LogP contribution is -2.66. The molecule has 3 fully saturated rings. The van der Waals surface area contributed by atoms with Crippen LogP contribution in [0.1, 0.15) is 113 Å². The molecule has 0 saturated carbocycles. The van der Waals surface area contributed by atoms with Crippen molar-refractivity contribution in [1.82, 2.24) is 37.2 Å². The Labute approximate surface area is 746 Å². The lowest BCUT2D eigenvalue weighted by atomic mass is 9.96. The first-order valence-corrected chi connectivity index (χ1v) is 45.2. The Bertz CT molecular complexity index is 3660. The van der Waals surface area contributed by atoms with E-state index in [9.17, 15) is 81.4 Å². The molecule has 15 atom stereocenters. The highest BCUT2D eigenvalue weighted by Gasteiger charge is 2.52. The summed E-state index contributed by atoms with van der Waals surface area (Å²) in [5.41, 5.74) is -0.793. The molecule has 3 saturated heterocycles. The zero-order valence-electron chi connectivity index (χ0n) is 72.8. The van der Waals surface area contributed by atoms with Crippen LogP contribution in [0.2, 0.25) is 0 Å². The highest BCUT2D eigenvalue weighted by molar-refractivity contribution is 14.2. The fourth-order valence-electron chi connectivity index (χ4n) is 12.3. The Hall–Kier alpha value is -8.57. The van der Waals surface area contributed by atoms with Crippen molar-refractivity contribution in [1.29, 1.82) is 0 Å². The van der Waals surface area contributed by atoms with Crippen molar-refractivity contribution < 1.29 is 190 Å². The summed E-state index contributed by atoms with van der Waals surface area (Å²) in [6.45, 7) is 8.57. The number of amides is 7. The number of rotatable bonds is 63. The number of hydrogen-bond donors (Lipinski definition) is 8. The van der Waals surface area contributed by atoms with E-state index in [4.69, 9.17) is 109 Å². The Morgan fingerprint density at radius 3 is 1.24 bits per heavy atom. The largest absolute Gasteiger partial charge is 0.463 e. The number of hydrogen-bond acceptors (Lipinski definition) is 39. The summed E-state index contributed by atoms with van der Waals surface area (Å²) in [7, 11) is 0. The van der Waals surface area contributed by atoms with Gasteiger partial charge in [0.15, 0.2) is 49.4 Å². The maximum Gasteiger partial charge on any atom is 0.436 e. The van der Waals surface area contributed by atoms with Crippen LogP contribution in [0.4, 0.5) is 0 Å². The van der Waals surface area contributed by atoms with Gasteiger partial charge in [-0.2, -0.15) is 0 Å². The topological polar surface area (TPSA) is 590 Å². The summed E-state index contributed by atoms with van der Waals surface area (Å²) in [5.74, 6) is -8.84. The summed E-state index contributed by atoms with van der Waals surface area (Å²) < 4.78 is 141. The lowest BCUT2D eigenvalue weighted by Gasteiger charge is -2.44. The minimum Gasteiger partial charge on any atom is -0.463 e. The summed E-state index contributed by atoms with van der Waals surface area (Å²) in [6, 6.07) is 4.11. The molecule has 3 heterocycles. The van der Waals surface area contributed by atoms with Crippen LogP contribution < -0.4 is 41.7 Å². The van der Waals surface area contributed by atoms with Crippen molar-refractivity contribution in [3.8, 4) is 5.75 Å². The quantitative estimate of drug-likeness (QED) is 0.0121. The third kappa shape index (κ3) is 49.7. The van der Waals surface area contributed by atoms with Crippen LogP contribution in [0.5, 0.6) is 5.75 Å². The Morgan fingerprint density at radius 2 is 0.787 bits per heavy atom. The number of carbonyl (C=O) groups excluding carboxylic acids is 15. The predicted octanol–water partition coefficient (Wildman–Crippen LogP) is -1.48. The minimum atomic E-state index is -3.77. The average Bonchev–Trinajstić information content (AvgIpc) is 0.787. The smallest absolute Gasteiger partial charge is 0.436 e. The third-order valence-electron chi connectivity index (χ3n) is 17.5. The molecule has 0 aromatic heterocycles. The monoisotopic (exact) mass is 1950 g/mol. The zero-order valence-corrected chi connectivity index (χ0v) is 75.9. The molecule has 1 aromatic rings. The molecule has 3 aliphatic heterocycles. The van der Waals surface area contributed by atoms with E-state index in [-0.39, 0.29) is 215 Å². The van der Waals surface area contributed by atoms with Crippen molar-refractivity contribution in [3.05, 3.63) is 29.8 Å². The van der Waals surface area contributed by atoms with Gasteiger partial charge in [-0.15, -0.1) is 0 Å². The van der Waals surface area contributed by atoms with E-state index in [0.29, 0.717) is 6.42 Å². The van der Waals surface area contributed by atoms with E-state index >= 15 is 0 Å². The van der Waals surface area contributed by atoms with Gasteiger partial charge in [-0.05, 0) is 24.1 Å². The Balaban J connectivity index is 1.41. The van der Waals surface area contributed by atoms with Crippen LogP contribution in [-0.4, -0.2) is 351 Å². The second-order valence-corrected chi connectivity index (χ2v) is 33.2. The molecule has 1 aromatic carbocycles. The summed E-state index contributed by atoms with van der Waals surface area (Å²) in [4.78, 5) is 196. The van der Waals surface area contributed by atoms with Gasteiger partial charge < -0.3 is 151 Å². The van der Waals surface area contributed by atoms with E-state index in [1.54, 1.807) is 12.1 Å².